The van der Waals surface area contributed by atoms with Gasteiger partial charge in [-0.1, -0.05) is 0 Å². The summed E-state index contributed by atoms with van der Waals surface area (Å²) in [5, 5.41) is 3.25. The van der Waals surface area contributed by atoms with Crippen LogP contribution in [0.4, 0.5) is 5.82 Å². The number of nitrogens with one attached hydrogen (secondary N) is 1. The minimum Gasteiger partial charge on any atom is -0.370 e. The van der Waals surface area contributed by atoms with Crippen molar-refractivity contribution in [3.05, 3.63) is 17.6 Å². The number of primary amides is 1. The van der Waals surface area contributed by atoms with Gasteiger partial charge in [0.15, 0.2) is 0 Å². The molecule has 1 amide bonds. The highest BCUT2D eigenvalue weighted by atomic mass is 16.1. The number of nitrogens with two attached hydrogens (primary N) is 1. The van der Waals surface area contributed by atoms with Crippen molar-refractivity contribution < 1.29 is 4.79 Å². The summed E-state index contributed by atoms with van der Waals surface area (Å²) < 4.78 is 0. The molecule has 0 radical (unpaired) electrons. The lowest BCUT2D eigenvalue weighted by Crippen LogP contribution is -2.25. The van der Waals surface area contributed by atoms with Crippen molar-refractivity contribution in [3.8, 4) is 0 Å². The third kappa shape index (κ3) is 2.93. The van der Waals surface area contributed by atoms with Gasteiger partial charge in [-0.25, -0.2) is 9.97 Å². The fourth-order valence-electron chi connectivity index (χ4n) is 2.23. The molecule has 0 saturated carbocycles. The van der Waals surface area contributed by atoms with Crippen LogP contribution < -0.4 is 11.1 Å². The topological polar surface area (TPSA) is 80.9 Å². The second-order valence-electron chi connectivity index (χ2n) is 4.57. The van der Waals surface area contributed by atoms with E-state index in [-0.39, 0.29) is 11.9 Å². The quantitative estimate of drug-likeness (QED) is 0.815. The number of carbonyl (C=O) groups excluding carboxylic acids is 1. The zero-order valence-corrected chi connectivity index (χ0v) is 10.1. The Balaban J connectivity index is 2.13. The van der Waals surface area contributed by atoms with E-state index in [2.05, 4.69) is 15.3 Å². The first-order valence-corrected chi connectivity index (χ1v) is 6.04. The summed E-state index contributed by atoms with van der Waals surface area (Å²) in [4.78, 5) is 19.4. The summed E-state index contributed by atoms with van der Waals surface area (Å²) in [6.07, 6.45) is 6.32. The van der Waals surface area contributed by atoms with Gasteiger partial charge in [-0.3, -0.25) is 4.79 Å². The van der Waals surface area contributed by atoms with Crippen molar-refractivity contribution in [2.75, 3.05) is 5.32 Å². The molecule has 1 aromatic heterocycles. The first-order valence-electron chi connectivity index (χ1n) is 6.04. The molecule has 1 aliphatic rings. The van der Waals surface area contributed by atoms with Crippen LogP contribution in [0, 0.1) is 0 Å². The molecule has 0 fully saturated rings. The Labute approximate surface area is 101 Å². The van der Waals surface area contributed by atoms with E-state index in [0.717, 1.165) is 24.4 Å². The van der Waals surface area contributed by atoms with Crippen molar-refractivity contribution in [3.63, 3.8) is 0 Å². The van der Waals surface area contributed by atoms with Crippen LogP contribution in [-0.2, 0) is 17.6 Å². The number of anilines is 1. The van der Waals surface area contributed by atoms with E-state index in [1.54, 1.807) is 6.33 Å². The SMILES string of the molecule is CC(CC(N)=O)Nc1ncnc2c1CCCC2. The number of fused-ring (bicyclic) bond motifs is 1. The maximum atomic E-state index is 10.8. The predicted molar refractivity (Wildman–Crippen MR) is 65.6 cm³/mol. The lowest BCUT2D eigenvalue weighted by atomic mass is 9.96. The van der Waals surface area contributed by atoms with E-state index in [0.29, 0.717) is 6.42 Å². The molecule has 92 valence electrons. The highest BCUT2D eigenvalue weighted by Crippen LogP contribution is 2.24. The van der Waals surface area contributed by atoms with Crippen LogP contribution in [0.3, 0.4) is 0 Å². The molecule has 17 heavy (non-hydrogen) atoms. The first-order chi connectivity index (χ1) is 8.16. The van der Waals surface area contributed by atoms with E-state index in [4.69, 9.17) is 5.73 Å². The Bertz CT molecular complexity index is 419. The molecule has 3 N–H and O–H groups in total. The molecule has 2 rings (SSSR count). The summed E-state index contributed by atoms with van der Waals surface area (Å²) >= 11 is 0. The average molecular weight is 234 g/mol. The predicted octanol–water partition coefficient (Wildman–Crippen LogP) is 1.03. The van der Waals surface area contributed by atoms with Crippen LogP contribution in [0.15, 0.2) is 6.33 Å². The number of amides is 1. The summed E-state index contributed by atoms with van der Waals surface area (Å²) in [6, 6.07) is 0.00780. The first kappa shape index (κ1) is 11.8. The van der Waals surface area contributed by atoms with Crippen LogP contribution >= 0.6 is 0 Å². The number of carbonyl (C=O) groups is 1. The van der Waals surface area contributed by atoms with Gasteiger partial charge in [0, 0.05) is 23.7 Å². The largest absolute Gasteiger partial charge is 0.370 e. The van der Waals surface area contributed by atoms with Gasteiger partial charge >= 0.3 is 0 Å². The Kier molecular flexibility index (Phi) is 3.56. The normalized spacial score (nSPS) is 16.1. The Morgan fingerprint density at radius 2 is 2.24 bits per heavy atom. The Morgan fingerprint density at radius 3 is 3.00 bits per heavy atom. The number of rotatable bonds is 4. The molecule has 5 nitrogen and oxygen atoms in total. The average Bonchev–Trinajstić information content (AvgIpc) is 2.28. The van der Waals surface area contributed by atoms with Gasteiger partial charge in [-0.2, -0.15) is 0 Å². The number of nitrogens with zero attached hydrogens (tertiary/aromatic N) is 2. The van der Waals surface area contributed by atoms with E-state index in [9.17, 15) is 4.79 Å². The smallest absolute Gasteiger partial charge is 0.219 e. The maximum absolute atomic E-state index is 10.8. The third-order valence-corrected chi connectivity index (χ3v) is 3.02. The van der Waals surface area contributed by atoms with Crippen molar-refractivity contribution in [2.24, 2.45) is 5.73 Å². The molecular formula is C12H18N4O. The second-order valence-corrected chi connectivity index (χ2v) is 4.57. The van der Waals surface area contributed by atoms with Gasteiger partial charge in [0.25, 0.3) is 0 Å². The molecule has 0 saturated heterocycles. The lowest BCUT2D eigenvalue weighted by Gasteiger charge is -2.20. The van der Waals surface area contributed by atoms with Gasteiger partial charge in [0.1, 0.15) is 12.1 Å². The zero-order valence-electron chi connectivity index (χ0n) is 10.1. The highest BCUT2D eigenvalue weighted by Gasteiger charge is 2.16. The fourth-order valence-corrected chi connectivity index (χ4v) is 2.23. The van der Waals surface area contributed by atoms with Crippen LogP contribution in [0.25, 0.3) is 0 Å². The number of aryl methyl sites for hydroxylation is 1. The van der Waals surface area contributed by atoms with Crippen molar-refractivity contribution in [1.82, 2.24) is 9.97 Å². The van der Waals surface area contributed by atoms with Gasteiger partial charge in [0.2, 0.25) is 5.91 Å². The summed E-state index contributed by atoms with van der Waals surface area (Å²) in [6.45, 7) is 1.93. The minimum atomic E-state index is -0.298. The summed E-state index contributed by atoms with van der Waals surface area (Å²) in [5.74, 6) is 0.566. The van der Waals surface area contributed by atoms with Crippen LogP contribution in [0.1, 0.15) is 37.4 Å². The Hall–Kier alpha value is -1.65. The van der Waals surface area contributed by atoms with Crippen molar-refractivity contribution >= 4 is 11.7 Å². The molecule has 0 bridgehead atoms. The highest BCUT2D eigenvalue weighted by molar-refractivity contribution is 5.74. The molecule has 5 heteroatoms. The van der Waals surface area contributed by atoms with E-state index in [1.165, 1.54) is 18.4 Å². The van der Waals surface area contributed by atoms with E-state index >= 15 is 0 Å². The summed E-state index contributed by atoms with van der Waals surface area (Å²) in [7, 11) is 0. The standard InChI is InChI=1S/C12H18N4O/c1-8(6-11(13)17)16-12-9-4-2-3-5-10(9)14-7-15-12/h7-8H,2-6H2,1H3,(H2,13,17)(H,14,15,16). The molecule has 1 unspecified atom stereocenters. The Morgan fingerprint density at radius 1 is 1.47 bits per heavy atom. The lowest BCUT2D eigenvalue weighted by molar-refractivity contribution is -0.118. The van der Waals surface area contributed by atoms with Crippen LogP contribution in [-0.4, -0.2) is 21.9 Å². The molecule has 0 spiro atoms. The molecule has 1 aliphatic carbocycles. The minimum absolute atomic E-state index is 0.00780. The van der Waals surface area contributed by atoms with Gasteiger partial charge in [-0.05, 0) is 32.6 Å². The van der Waals surface area contributed by atoms with Crippen molar-refractivity contribution in [1.29, 1.82) is 0 Å². The third-order valence-electron chi connectivity index (χ3n) is 3.02. The number of hydrogen-bond acceptors (Lipinski definition) is 4. The molecule has 1 heterocycles. The monoisotopic (exact) mass is 234 g/mol. The van der Waals surface area contributed by atoms with Gasteiger partial charge in [0.05, 0.1) is 0 Å². The molecular weight excluding hydrogens is 216 g/mol. The zero-order chi connectivity index (χ0) is 12.3. The van der Waals surface area contributed by atoms with Crippen LogP contribution in [0.2, 0.25) is 0 Å². The molecule has 1 atom stereocenters. The van der Waals surface area contributed by atoms with Gasteiger partial charge < -0.3 is 11.1 Å². The van der Waals surface area contributed by atoms with Gasteiger partial charge in [-0.15, -0.1) is 0 Å². The van der Waals surface area contributed by atoms with Crippen molar-refractivity contribution in [2.45, 2.75) is 45.1 Å². The molecule has 0 aromatic carbocycles. The maximum Gasteiger partial charge on any atom is 0.219 e. The molecule has 1 aromatic rings. The second kappa shape index (κ2) is 5.12. The number of aromatic nitrogens is 2. The van der Waals surface area contributed by atoms with E-state index in [1.807, 2.05) is 6.92 Å². The molecule has 0 aliphatic heterocycles. The van der Waals surface area contributed by atoms with Crippen LogP contribution in [0.5, 0.6) is 0 Å². The fraction of sp³-hybridized carbons (Fsp3) is 0.583. The van der Waals surface area contributed by atoms with E-state index < -0.39 is 0 Å². The number of hydrogen-bond donors (Lipinski definition) is 2. The summed E-state index contributed by atoms with van der Waals surface area (Å²) in [5.41, 5.74) is 7.52.